The molecular formula is C20H25N. The molecule has 0 aliphatic heterocycles. The molecule has 0 heterocycles. The molecular weight excluding hydrogens is 254 g/mol. The van der Waals surface area contributed by atoms with E-state index in [1.807, 2.05) is 12.1 Å². The van der Waals surface area contributed by atoms with Gasteiger partial charge in [0.1, 0.15) is 0 Å². The van der Waals surface area contributed by atoms with Crippen LogP contribution in [0.1, 0.15) is 62.5 Å². The molecule has 4 unspecified atom stereocenters. The van der Waals surface area contributed by atoms with Gasteiger partial charge in [0, 0.05) is 0 Å². The number of rotatable bonds is 2. The minimum atomic E-state index is 0.720. The van der Waals surface area contributed by atoms with E-state index in [-0.39, 0.29) is 0 Å². The monoisotopic (exact) mass is 279 g/mol. The lowest BCUT2D eigenvalue weighted by Crippen LogP contribution is -2.30. The summed E-state index contributed by atoms with van der Waals surface area (Å²) in [5.41, 5.74) is 2.22. The van der Waals surface area contributed by atoms with Crippen LogP contribution < -0.4 is 0 Å². The van der Waals surface area contributed by atoms with E-state index in [4.69, 9.17) is 5.26 Å². The van der Waals surface area contributed by atoms with Crippen LogP contribution in [0.25, 0.3) is 0 Å². The van der Waals surface area contributed by atoms with Gasteiger partial charge in [0.05, 0.1) is 11.6 Å². The van der Waals surface area contributed by atoms with Crippen molar-refractivity contribution in [2.24, 2.45) is 17.8 Å². The fourth-order valence-electron chi connectivity index (χ4n) is 4.50. The lowest BCUT2D eigenvalue weighted by molar-refractivity contribution is 0.133. The minimum Gasteiger partial charge on any atom is -0.192 e. The Hall–Kier alpha value is -1.55. The Morgan fingerprint density at radius 3 is 2.43 bits per heavy atom. The van der Waals surface area contributed by atoms with E-state index in [1.165, 1.54) is 44.1 Å². The second-order valence-electron chi connectivity index (χ2n) is 6.86. The third-order valence-corrected chi connectivity index (χ3v) is 5.63. The highest BCUT2D eigenvalue weighted by Gasteiger charge is 2.35. The number of nitrogens with zero attached hydrogens (tertiary/aromatic N) is 1. The third kappa shape index (κ3) is 3.21. The molecule has 2 fully saturated rings. The van der Waals surface area contributed by atoms with Crippen LogP contribution in [-0.2, 0) is 0 Å². The second-order valence-corrected chi connectivity index (χ2v) is 6.86. The molecule has 2 aliphatic rings. The Labute approximate surface area is 128 Å². The zero-order chi connectivity index (χ0) is 14.7. The first-order valence-corrected chi connectivity index (χ1v) is 8.43. The van der Waals surface area contributed by atoms with Crippen molar-refractivity contribution in [3.8, 4) is 6.07 Å². The summed E-state index contributed by atoms with van der Waals surface area (Å²) in [6.45, 7) is 2.15. The van der Waals surface area contributed by atoms with Crippen LogP contribution in [0.4, 0.5) is 0 Å². The van der Waals surface area contributed by atoms with Crippen LogP contribution >= 0.6 is 0 Å². The minimum absolute atomic E-state index is 0.720. The molecule has 0 spiro atoms. The number of fused-ring (bicyclic) bond motifs is 1. The lowest BCUT2D eigenvalue weighted by atomic mass is 9.64. The zero-order valence-corrected chi connectivity index (χ0v) is 13.0. The van der Waals surface area contributed by atoms with E-state index in [2.05, 4.69) is 37.3 Å². The molecule has 0 radical (unpaired) electrons. The standard InChI is InChI=1S/C20H25N/c1-2-3-15-4-9-20-13-19(11-10-18(20)12-15)17-7-5-16(14-21)6-8-17/h2-3,5-8,15,18-20H,4,9-13H2,1H3/b3-2+. The molecule has 110 valence electrons. The molecule has 0 bridgehead atoms. The van der Waals surface area contributed by atoms with Gasteiger partial charge in [0.15, 0.2) is 0 Å². The number of benzene rings is 1. The van der Waals surface area contributed by atoms with Gasteiger partial charge in [-0.15, -0.1) is 0 Å². The van der Waals surface area contributed by atoms with E-state index in [9.17, 15) is 0 Å². The average Bonchev–Trinajstić information content (AvgIpc) is 2.55. The smallest absolute Gasteiger partial charge is 0.0991 e. The van der Waals surface area contributed by atoms with Crippen LogP contribution in [0.15, 0.2) is 36.4 Å². The van der Waals surface area contributed by atoms with E-state index in [1.54, 1.807) is 0 Å². The molecule has 0 aromatic heterocycles. The molecule has 1 nitrogen and oxygen atoms in total. The average molecular weight is 279 g/mol. The van der Waals surface area contributed by atoms with Crippen molar-refractivity contribution in [3.05, 3.63) is 47.5 Å². The van der Waals surface area contributed by atoms with E-state index in [0.717, 1.165) is 29.2 Å². The maximum Gasteiger partial charge on any atom is 0.0991 e. The van der Waals surface area contributed by atoms with Gasteiger partial charge in [0.2, 0.25) is 0 Å². The van der Waals surface area contributed by atoms with Gasteiger partial charge in [-0.05, 0) is 86.8 Å². The van der Waals surface area contributed by atoms with Gasteiger partial charge < -0.3 is 0 Å². The molecule has 1 aromatic carbocycles. The highest BCUT2D eigenvalue weighted by molar-refractivity contribution is 5.33. The third-order valence-electron chi connectivity index (χ3n) is 5.63. The molecule has 2 saturated carbocycles. The first kappa shape index (κ1) is 14.4. The predicted octanol–water partition coefficient (Wildman–Crippen LogP) is 5.43. The van der Waals surface area contributed by atoms with Crippen molar-refractivity contribution in [3.63, 3.8) is 0 Å². The van der Waals surface area contributed by atoms with Crippen molar-refractivity contribution in [1.82, 2.24) is 0 Å². The highest BCUT2D eigenvalue weighted by Crippen LogP contribution is 2.47. The molecule has 3 rings (SSSR count). The molecule has 0 saturated heterocycles. The molecule has 0 N–H and O–H groups in total. The first-order valence-electron chi connectivity index (χ1n) is 8.43. The largest absolute Gasteiger partial charge is 0.192 e. The van der Waals surface area contributed by atoms with Gasteiger partial charge in [-0.25, -0.2) is 0 Å². The topological polar surface area (TPSA) is 23.8 Å². The predicted molar refractivity (Wildman–Crippen MR) is 86.9 cm³/mol. The summed E-state index contributed by atoms with van der Waals surface area (Å²) in [7, 11) is 0. The summed E-state index contributed by atoms with van der Waals surface area (Å²) in [4.78, 5) is 0. The normalized spacial score (nSPS) is 32.6. The highest BCUT2D eigenvalue weighted by atomic mass is 14.4. The number of hydrogen-bond acceptors (Lipinski definition) is 1. The number of allylic oxidation sites excluding steroid dienone is 2. The zero-order valence-electron chi connectivity index (χ0n) is 13.0. The maximum absolute atomic E-state index is 8.91. The Morgan fingerprint density at radius 2 is 1.71 bits per heavy atom. The van der Waals surface area contributed by atoms with Gasteiger partial charge in [0.25, 0.3) is 0 Å². The molecule has 21 heavy (non-hydrogen) atoms. The lowest BCUT2D eigenvalue weighted by Gasteiger charge is -2.41. The van der Waals surface area contributed by atoms with Crippen molar-refractivity contribution in [2.45, 2.75) is 51.4 Å². The molecule has 2 aliphatic carbocycles. The summed E-state index contributed by atoms with van der Waals surface area (Å²) in [6, 6.07) is 10.5. The van der Waals surface area contributed by atoms with E-state index >= 15 is 0 Å². The van der Waals surface area contributed by atoms with Crippen molar-refractivity contribution in [2.75, 3.05) is 0 Å². The van der Waals surface area contributed by atoms with E-state index in [0.29, 0.717) is 0 Å². The molecule has 0 amide bonds. The quantitative estimate of drug-likeness (QED) is 0.662. The van der Waals surface area contributed by atoms with Gasteiger partial charge in [-0.3, -0.25) is 0 Å². The van der Waals surface area contributed by atoms with Crippen molar-refractivity contribution in [1.29, 1.82) is 5.26 Å². The van der Waals surface area contributed by atoms with Crippen LogP contribution in [0, 0.1) is 29.1 Å². The Balaban J connectivity index is 1.64. The summed E-state index contributed by atoms with van der Waals surface area (Å²) < 4.78 is 0. The maximum atomic E-state index is 8.91. The van der Waals surface area contributed by atoms with Crippen LogP contribution in [-0.4, -0.2) is 0 Å². The fraction of sp³-hybridized carbons (Fsp3) is 0.550. The summed E-state index contributed by atoms with van der Waals surface area (Å²) in [5, 5.41) is 8.91. The van der Waals surface area contributed by atoms with Crippen molar-refractivity contribution >= 4 is 0 Å². The fourth-order valence-corrected chi connectivity index (χ4v) is 4.50. The van der Waals surface area contributed by atoms with E-state index < -0.39 is 0 Å². The van der Waals surface area contributed by atoms with Crippen LogP contribution in [0.3, 0.4) is 0 Å². The summed E-state index contributed by atoms with van der Waals surface area (Å²) >= 11 is 0. The van der Waals surface area contributed by atoms with Gasteiger partial charge in [-0.1, -0.05) is 24.3 Å². The summed E-state index contributed by atoms with van der Waals surface area (Å²) in [6.07, 6.45) is 12.9. The van der Waals surface area contributed by atoms with Crippen LogP contribution in [0.5, 0.6) is 0 Å². The SMILES string of the molecule is C/C=C/C1CCC2CC(c3ccc(C#N)cc3)CCC2C1. The summed E-state index contributed by atoms with van der Waals surface area (Å²) in [5.74, 6) is 3.44. The number of hydrogen-bond donors (Lipinski definition) is 0. The molecule has 4 atom stereocenters. The molecule has 1 aromatic rings. The number of nitriles is 1. The van der Waals surface area contributed by atoms with Gasteiger partial charge >= 0.3 is 0 Å². The van der Waals surface area contributed by atoms with Gasteiger partial charge in [-0.2, -0.15) is 5.26 Å². The van der Waals surface area contributed by atoms with Crippen molar-refractivity contribution < 1.29 is 0 Å². The Kier molecular flexibility index (Phi) is 4.44. The molecule has 1 heteroatoms. The Bertz CT molecular complexity index is 534. The second kappa shape index (κ2) is 6.48. The Morgan fingerprint density at radius 1 is 1.00 bits per heavy atom. The van der Waals surface area contributed by atoms with Crippen LogP contribution in [0.2, 0.25) is 0 Å². The first-order chi connectivity index (χ1) is 10.3.